The number of thiazole rings is 1. The number of rotatable bonds is 7. The van der Waals surface area contributed by atoms with E-state index in [9.17, 15) is 13.2 Å². The lowest BCUT2D eigenvalue weighted by atomic mass is 10.2. The molecule has 1 aromatic heterocycles. The molecule has 1 atom stereocenters. The van der Waals surface area contributed by atoms with E-state index in [2.05, 4.69) is 0 Å². The second-order valence-electron chi connectivity index (χ2n) is 7.44. The zero-order chi connectivity index (χ0) is 21.1. The van der Waals surface area contributed by atoms with Crippen molar-refractivity contribution in [1.29, 1.82) is 0 Å². The lowest BCUT2D eigenvalue weighted by Gasteiger charge is -2.23. The van der Waals surface area contributed by atoms with Crippen LogP contribution in [0.1, 0.15) is 24.8 Å². The van der Waals surface area contributed by atoms with Crippen LogP contribution in [0.25, 0.3) is 10.2 Å². The first-order chi connectivity index (χ1) is 14.4. The highest BCUT2D eigenvalue weighted by molar-refractivity contribution is 7.91. The number of benzene rings is 2. The molecule has 0 bridgehead atoms. The van der Waals surface area contributed by atoms with Crippen LogP contribution in [0, 0.1) is 6.92 Å². The first-order valence-corrected chi connectivity index (χ1v) is 12.5. The third kappa shape index (κ3) is 4.55. The van der Waals surface area contributed by atoms with Crippen molar-refractivity contribution in [3.8, 4) is 0 Å². The van der Waals surface area contributed by atoms with Gasteiger partial charge in [-0.05, 0) is 43.5 Å². The lowest BCUT2D eigenvalue weighted by molar-refractivity contribution is -0.118. The maximum absolute atomic E-state index is 13.1. The number of amides is 1. The Balaban J connectivity index is 1.57. The van der Waals surface area contributed by atoms with Gasteiger partial charge in [-0.2, -0.15) is 0 Å². The van der Waals surface area contributed by atoms with E-state index < -0.39 is 9.84 Å². The molecule has 0 radical (unpaired) electrons. The van der Waals surface area contributed by atoms with Crippen LogP contribution in [0.4, 0.5) is 5.13 Å². The molecule has 1 aliphatic heterocycles. The van der Waals surface area contributed by atoms with Gasteiger partial charge in [0.25, 0.3) is 0 Å². The van der Waals surface area contributed by atoms with Crippen LogP contribution in [-0.2, 0) is 19.4 Å². The average molecular weight is 445 g/mol. The van der Waals surface area contributed by atoms with E-state index in [1.807, 2.05) is 25.1 Å². The van der Waals surface area contributed by atoms with E-state index in [4.69, 9.17) is 9.72 Å². The number of nitrogens with zero attached hydrogens (tertiary/aromatic N) is 2. The summed E-state index contributed by atoms with van der Waals surface area (Å²) in [5, 5.41) is 0.594. The maximum Gasteiger partial charge on any atom is 0.229 e. The summed E-state index contributed by atoms with van der Waals surface area (Å²) < 4.78 is 32.0. The lowest BCUT2D eigenvalue weighted by Crippen LogP contribution is -2.38. The number of carbonyl (C=O) groups excluding carboxylic acids is 1. The van der Waals surface area contributed by atoms with Crippen LogP contribution in [0.3, 0.4) is 0 Å². The summed E-state index contributed by atoms with van der Waals surface area (Å²) in [5.41, 5.74) is 1.92. The molecule has 2 heterocycles. The molecular formula is C22H24N2O4S2. The highest BCUT2D eigenvalue weighted by atomic mass is 32.2. The molecule has 1 saturated heterocycles. The van der Waals surface area contributed by atoms with Crippen molar-refractivity contribution in [2.24, 2.45) is 0 Å². The van der Waals surface area contributed by atoms with Gasteiger partial charge in [-0.25, -0.2) is 13.4 Å². The van der Waals surface area contributed by atoms with Crippen molar-refractivity contribution in [2.45, 2.75) is 37.2 Å². The monoisotopic (exact) mass is 444 g/mol. The minimum Gasteiger partial charge on any atom is -0.376 e. The normalized spacial score (nSPS) is 16.8. The summed E-state index contributed by atoms with van der Waals surface area (Å²) in [5.74, 6) is -0.483. The van der Waals surface area contributed by atoms with E-state index in [1.54, 1.807) is 35.2 Å². The first kappa shape index (κ1) is 21.0. The zero-order valence-electron chi connectivity index (χ0n) is 16.8. The van der Waals surface area contributed by atoms with Gasteiger partial charge in [-0.15, -0.1) is 0 Å². The maximum atomic E-state index is 13.1. The third-order valence-electron chi connectivity index (χ3n) is 5.24. The number of fused-ring (bicyclic) bond motifs is 1. The van der Waals surface area contributed by atoms with Crippen molar-refractivity contribution in [3.05, 3.63) is 54.1 Å². The van der Waals surface area contributed by atoms with E-state index in [0.29, 0.717) is 18.3 Å². The summed E-state index contributed by atoms with van der Waals surface area (Å²) in [6.07, 6.45) is 1.70. The number of hydrogen-bond donors (Lipinski definition) is 0. The van der Waals surface area contributed by atoms with E-state index >= 15 is 0 Å². The molecule has 0 saturated carbocycles. The minimum atomic E-state index is -3.53. The smallest absolute Gasteiger partial charge is 0.229 e. The molecule has 6 nitrogen and oxygen atoms in total. The Morgan fingerprint density at radius 2 is 2.00 bits per heavy atom. The van der Waals surface area contributed by atoms with E-state index in [1.165, 1.54) is 11.3 Å². The van der Waals surface area contributed by atoms with Gasteiger partial charge in [0.2, 0.25) is 5.91 Å². The molecule has 8 heteroatoms. The van der Waals surface area contributed by atoms with Gasteiger partial charge in [-0.3, -0.25) is 9.69 Å². The van der Waals surface area contributed by atoms with Crippen LogP contribution in [0.2, 0.25) is 0 Å². The van der Waals surface area contributed by atoms with Gasteiger partial charge in [0, 0.05) is 13.0 Å². The Kier molecular flexibility index (Phi) is 6.17. The molecule has 0 aliphatic carbocycles. The molecule has 3 aromatic rings. The van der Waals surface area contributed by atoms with Crippen molar-refractivity contribution in [3.63, 3.8) is 0 Å². The number of ether oxygens (including phenoxy) is 1. The average Bonchev–Trinajstić information content (AvgIpc) is 3.41. The fraction of sp³-hybridized carbons (Fsp3) is 0.364. The molecule has 2 aromatic carbocycles. The van der Waals surface area contributed by atoms with Gasteiger partial charge >= 0.3 is 0 Å². The Hall–Kier alpha value is -2.29. The van der Waals surface area contributed by atoms with Gasteiger partial charge in [0.1, 0.15) is 0 Å². The summed E-state index contributed by atoms with van der Waals surface area (Å²) in [6, 6.07) is 14.2. The number of sulfone groups is 1. The van der Waals surface area contributed by atoms with E-state index in [-0.39, 0.29) is 29.1 Å². The highest BCUT2D eigenvalue weighted by Gasteiger charge is 2.27. The number of carbonyl (C=O) groups is 1. The van der Waals surface area contributed by atoms with Crippen molar-refractivity contribution >= 4 is 42.4 Å². The standard InChI is InChI=1S/C22H24N2O4S2/c1-16-7-5-11-19-21(16)23-22(29-19)24(15-17-8-6-13-28-17)20(25)12-14-30(26,27)18-9-3-2-4-10-18/h2-5,7,9-11,17H,6,8,12-15H2,1H3. The molecule has 0 N–H and O–H groups in total. The first-order valence-electron chi connectivity index (χ1n) is 10.00. The molecule has 4 rings (SSSR count). The quantitative estimate of drug-likeness (QED) is 0.551. The zero-order valence-corrected chi connectivity index (χ0v) is 18.4. The fourth-order valence-electron chi connectivity index (χ4n) is 3.57. The Bertz CT molecular complexity index is 1140. The van der Waals surface area contributed by atoms with Crippen LogP contribution in [-0.4, -0.2) is 44.3 Å². The summed E-state index contributed by atoms with van der Waals surface area (Å²) in [6.45, 7) is 3.07. The van der Waals surface area contributed by atoms with Gasteiger partial charge in [0.15, 0.2) is 15.0 Å². The Morgan fingerprint density at radius 1 is 1.20 bits per heavy atom. The molecular weight excluding hydrogens is 420 g/mol. The van der Waals surface area contributed by atoms with Gasteiger partial charge in [-0.1, -0.05) is 41.7 Å². The Labute approximate surface area is 180 Å². The summed E-state index contributed by atoms with van der Waals surface area (Å²) in [7, 11) is -3.53. The molecule has 1 unspecified atom stereocenters. The SMILES string of the molecule is Cc1cccc2sc(N(CC3CCCO3)C(=O)CCS(=O)(=O)c3ccccc3)nc12. The third-order valence-corrected chi connectivity index (χ3v) is 8.01. The van der Waals surface area contributed by atoms with Crippen LogP contribution < -0.4 is 4.90 Å². The molecule has 1 aliphatic rings. The number of para-hydroxylation sites is 1. The number of aryl methyl sites for hydroxylation is 1. The number of anilines is 1. The second-order valence-corrected chi connectivity index (χ2v) is 10.6. The summed E-state index contributed by atoms with van der Waals surface area (Å²) >= 11 is 1.45. The van der Waals surface area contributed by atoms with E-state index in [0.717, 1.165) is 28.6 Å². The Morgan fingerprint density at radius 3 is 2.70 bits per heavy atom. The highest BCUT2D eigenvalue weighted by Crippen LogP contribution is 2.32. The molecule has 1 amide bonds. The van der Waals surface area contributed by atoms with Crippen LogP contribution >= 0.6 is 11.3 Å². The van der Waals surface area contributed by atoms with Gasteiger partial charge in [0.05, 0.1) is 33.5 Å². The molecule has 30 heavy (non-hydrogen) atoms. The molecule has 1 fully saturated rings. The van der Waals surface area contributed by atoms with Crippen molar-refractivity contribution in [1.82, 2.24) is 4.98 Å². The largest absolute Gasteiger partial charge is 0.376 e. The minimum absolute atomic E-state index is 0.0483. The van der Waals surface area contributed by atoms with Crippen molar-refractivity contribution in [2.75, 3.05) is 23.8 Å². The second kappa shape index (κ2) is 8.83. The fourth-order valence-corrected chi connectivity index (χ4v) is 5.89. The number of hydrogen-bond acceptors (Lipinski definition) is 6. The van der Waals surface area contributed by atoms with Gasteiger partial charge < -0.3 is 4.74 Å². The molecule has 158 valence electrons. The summed E-state index contributed by atoms with van der Waals surface area (Å²) in [4.78, 5) is 19.7. The van der Waals surface area contributed by atoms with Crippen LogP contribution in [0.15, 0.2) is 53.4 Å². The molecule has 0 spiro atoms. The number of aromatic nitrogens is 1. The van der Waals surface area contributed by atoms with Crippen LogP contribution in [0.5, 0.6) is 0 Å². The topological polar surface area (TPSA) is 76.6 Å². The van der Waals surface area contributed by atoms with Crippen molar-refractivity contribution < 1.29 is 17.9 Å². The predicted octanol–water partition coefficient (Wildman–Crippen LogP) is 3.98. The predicted molar refractivity (Wildman–Crippen MR) is 119 cm³/mol.